The maximum atomic E-state index is 13.0. The Kier molecular flexibility index (Phi) is 5.17. The number of hydrogen-bond donors (Lipinski definition) is 2. The molecular formula is C27H25ClN2O3. The zero-order valence-corrected chi connectivity index (χ0v) is 19.3. The number of nitrogens with one attached hydrogen (secondary N) is 1. The number of benzene rings is 3. The topological polar surface area (TPSA) is 81.4 Å². The highest BCUT2D eigenvalue weighted by Gasteiger charge is 2.63. The first-order valence-electron chi connectivity index (χ1n) is 11.0. The first-order valence-corrected chi connectivity index (χ1v) is 11.4. The molecule has 0 saturated heterocycles. The first-order chi connectivity index (χ1) is 15.8. The third-order valence-corrected chi connectivity index (χ3v) is 7.23. The molecule has 0 aromatic heterocycles. The molecule has 3 atom stereocenters. The van der Waals surface area contributed by atoms with Gasteiger partial charge in [0.2, 0.25) is 5.91 Å². The second-order valence-electron chi connectivity index (χ2n) is 9.08. The maximum Gasteiger partial charge on any atom is 0.262 e. The van der Waals surface area contributed by atoms with E-state index < -0.39 is 5.41 Å². The van der Waals surface area contributed by atoms with E-state index in [0.717, 1.165) is 11.1 Å². The number of rotatable bonds is 5. The van der Waals surface area contributed by atoms with Crippen molar-refractivity contribution in [3.05, 3.63) is 93.5 Å². The van der Waals surface area contributed by atoms with Crippen molar-refractivity contribution in [1.82, 2.24) is 0 Å². The Morgan fingerprint density at radius 3 is 2.58 bits per heavy atom. The summed E-state index contributed by atoms with van der Waals surface area (Å²) in [6.45, 7) is 4.14. The van der Waals surface area contributed by atoms with Crippen LogP contribution in [0.5, 0.6) is 5.75 Å². The number of carbonyl (C=O) groups excluding carboxylic acids is 2. The van der Waals surface area contributed by atoms with Crippen molar-refractivity contribution in [2.75, 3.05) is 11.9 Å². The minimum absolute atomic E-state index is 0.0196. The fraction of sp³-hybridized carbons (Fsp3) is 0.259. The molecule has 1 heterocycles. The van der Waals surface area contributed by atoms with Gasteiger partial charge in [-0.05, 0) is 72.7 Å². The third kappa shape index (κ3) is 3.66. The normalized spacial score (nSPS) is 22.0. The van der Waals surface area contributed by atoms with Crippen LogP contribution in [0.25, 0.3) is 0 Å². The SMILES string of the molecule is Cc1ccc(C(c2ccc(Cl)cc2)C2CC2(C(N)=O)c2ccc3c(c2)OCC(=O)N3)c(C)c1. The van der Waals surface area contributed by atoms with Gasteiger partial charge in [-0.25, -0.2) is 0 Å². The molecule has 3 aromatic rings. The van der Waals surface area contributed by atoms with Gasteiger partial charge in [-0.3, -0.25) is 9.59 Å². The lowest BCUT2D eigenvalue weighted by molar-refractivity contribution is -0.121. The molecule has 3 N–H and O–H groups in total. The van der Waals surface area contributed by atoms with E-state index in [1.165, 1.54) is 16.7 Å². The smallest absolute Gasteiger partial charge is 0.262 e. The van der Waals surface area contributed by atoms with Gasteiger partial charge in [-0.2, -0.15) is 0 Å². The maximum absolute atomic E-state index is 13.0. The lowest BCUT2D eigenvalue weighted by Gasteiger charge is -2.25. The lowest BCUT2D eigenvalue weighted by atomic mass is 9.79. The van der Waals surface area contributed by atoms with Gasteiger partial charge in [-0.1, -0.05) is 53.6 Å². The monoisotopic (exact) mass is 460 g/mol. The van der Waals surface area contributed by atoms with E-state index in [4.69, 9.17) is 22.1 Å². The zero-order valence-electron chi connectivity index (χ0n) is 18.5. The van der Waals surface area contributed by atoms with Gasteiger partial charge in [-0.15, -0.1) is 0 Å². The van der Waals surface area contributed by atoms with Gasteiger partial charge >= 0.3 is 0 Å². The Balaban J connectivity index is 1.61. The lowest BCUT2D eigenvalue weighted by Crippen LogP contribution is -2.32. The van der Waals surface area contributed by atoms with Crippen molar-refractivity contribution < 1.29 is 14.3 Å². The molecule has 1 aliphatic carbocycles. The number of aryl methyl sites for hydroxylation is 2. The summed E-state index contributed by atoms with van der Waals surface area (Å²) in [7, 11) is 0. The van der Waals surface area contributed by atoms with Crippen LogP contribution in [0.15, 0.2) is 60.7 Å². The number of carbonyl (C=O) groups is 2. The molecule has 1 aliphatic heterocycles. The van der Waals surface area contributed by atoms with E-state index in [9.17, 15) is 9.59 Å². The van der Waals surface area contributed by atoms with Gasteiger partial charge < -0.3 is 15.8 Å². The Hall–Kier alpha value is -3.31. The summed E-state index contributed by atoms with van der Waals surface area (Å²) in [5.41, 5.74) is 11.3. The molecule has 0 radical (unpaired) electrons. The Morgan fingerprint density at radius 1 is 1.12 bits per heavy atom. The number of ether oxygens (including phenoxy) is 1. The average molecular weight is 461 g/mol. The highest BCUT2D eigenvalue weighted by Crippen LogP contribution is 2.62. The van der Waals surface area contributed by atoms with Crippen LogP contribution in [0.1, 0.15) is 40.2 Å². The molecule has 0 bridgehead atoms. The fourth-order valence-corrected chi connectivity index (χ4v) is 5.40. The second-order valence-corrected chi connectivity index (χ2v) is 9.52. The molecule has 5 nitrogen and oxygen atoms in total. The highest BCUT2D eigenvalue weighted by atomic mass is 35.5. The first kappa shape index (κ1) is 21.5. The van der Waals surface area contributed by atoms with Crippen LogP contribution in [0.3, 0.4) is 0 Å². The van der Waals surface area contributed by atoms with Crippen LogP contribution in [-0.2, 0) is 15.0 Å². The summed E-state index contributed by atoms with van der Waals surface area (Å²) >= 11 is 6.17. The Morgan fingerprint density at radius 2 is 1.88 bits per heavy atom. The number of nitrogens with two attached hydrogens (primary N) is 1. The minimum Gasteiger partial charge on any atom is -0.482 e. The van der Waals surface area contributed by atoms with Crippen LogP contribution in [0.2, 0.25) is 5.02 Å². The minimum atomic E-state index is -0.818. The fourth-order valence-electron chi connectivity index (χ4n) is 5.27. The molecule has 0 spiro atoms. The van der Waals surface area contributed by atoms with Gasteiger partial charge in [0, 0.05) is 10.9 Å². The molecule has 2 amide bonds. The van der Waals surface area contributed by atoms with Crippen molar-refractivity contribution in [3.8, 4) is 5.75 Å². The van der Waals surface area contributed by atoms with E-state index in [1.54, 1.807) is 6.07 Å². The molecule has 1 saturated carbocycles. The van der Waals surface area contributed by atoms with E-state index in [-0.39, 0.29) is 30.3 Å². The standard InChI is InChI=1S/C27H25ClN2O3/c1-15-3-9-20(16(2)11-15)25(17-4-7-19(28)8-5-17)21-13-27(21,26(29)32)18-6-10-22-23(12-18)33-14-24(31)30-22/h3-12,21,25H,13-14H2,1-2H3,(H2,29,32)(H,30,31). The van der Waals surface area contributed by atoms with Gasteiger partial charge in [0.05, 0.1) is 11.1 Å². The molecule has 6 heteroatoms. The van der Waals surface area contributed by atoms with Crippen molar-refractivity contribution in [2.24, 2.45) is 11.7 Å². The van der Waals surface area contributed by atoms with E-state index in [2.05, 4.69) is 37.4 Å². The summed E-state index contributed by atoms with van der Waals surface area (Å²) in [6.07, 6.45) is 0.633. The van der Waals surface area contributed by atoms with Crippen LogP contribution in [0, 0.1) is 19.8 Å². The summed E-state index contributed by atoms with van der Waals surface area (Å²) in [4.78, 5) is 24.6. The van der Waals surface area contributed by atoms with Gasteiger partial charge in [0.25, 0.3) is 5.91 Å². The van der Waals surface area contributed by atoms with Gasteiger partial charge in [0.1, 0.15) is 5.75 Å². The van der Waals surface area contributed by atoms with Crippen molar-refractivity contribution in [2.45, 2.75) is 31.6 Å². The predicted octanol–water partition coefficient (Wildman–Crippen LogP) is 4.86. The van der Waals surface area contributed by atoms with Gasteiger partial charge in [0.15, 0.2) is 6.61 Å². The van der Waals surface area contributed by atoms with Crippen LogP contribution in [0.4, 0.5) is 5.69 Å². The number of halogens is 1. The Labute approximate surface area is 197 Å². The van der Waals surface area contributed by atoms with Crippen molar-refractivity contribution in [1.29, 1.82) is 0 Å². The predicted molar refractivity (Wildman–Crippen MR) is 129 cm³/mol. The van der Waals surface area contributed by atoms with Crippen LogP contribution < -0.4 is 15.8 Å². The zero-order chi connectivity index (χ0) is 23.3. The number of hydrogen-bond acceptors (Lipinski definition) is 3. The number of fused-ring (bicyclic) bond motifs is 1. The van der Waals surface area contributed by atoms with Crippen LogP contribution >= 0.6 is 11.6 Å². The third-order valence-electron chi connectivity index (χ3n) is 6.98. The summed E-state index contributed by atoms with van der Waals surface area (Å²) < 4.78 is 5.61. The summed E-state index contributed by atoms with van der Waals surface area (Å²) in [5.74, 6) is -0.0217. The quantitative estimate of drug-likeness (QED) is 0.570. The van der Waals surface area contributed by atoms with E-state index in [1.807, 2.05) is 36.4 Å². The largest absolute Gasteiger partial charge is 0.482 e. The second kappa shape index (κ2) is 7.92. The van der Waals surface area contributed by atoms with Crippen molar-refractivity contribution >= 4 is 29.1 Å². The molecular weight excluding hydrogens is 436 g/mol. The number of anilines is 1. The van der Waals surface area contributed by atoms with Crippen LogP contribution in [-0.4, -0.2) is 18.4 Å². The molecule has 33 heavy (non-hydrogen) atoms. The molecule has 2 aliphatic rings. The average Bonchev–Trinajstić information content (AvgIpc) is 3.53. The summed E-state index contributed by atoms with van der Waals surface area (Å²) in [6, 6.07) is 19.8. The Bertz CT molecular complexity index is 1270. The van der Waals surface area contributed by atoms with E-state index in [0.29, 0.717) is 22.9 Å². The highest BCUT2D eigenvalue weighted by molar-refractivity contribution is 6.30. The molecule has 1 fully saturated rings. The molecule has 3 aromatic carbocycles. The number of primary amides is 1. The molecule has 3 unspecified atom stereocenters. The molecule has 5 rings (SSSR count). The van der Waals surface area contributed by atoms with Crippen molar-refractivity contribution in [3.63, 3.8) is 0 Å². The number of amides is 2. The summed E-state index contributed by atoms with van der Waals surface area (Å²) in [5, 5.41) is 3.47. The van der Waals surface area contributed by atoms with E-state index >= 15 is 0 Å². The molecule has 168 valence electrons.